The summed E-state index contributed by atoms with van der Waals surface area (Å²) in [6.07, 6.45) is 6.42. The van der Waals surface area contributed by atoms with Crippen LogP contribution in [0.15, 0.2) is 41.1 Å². The van der Waals surface area contributed by atoms with Crippen LogP contribution in [0.5, 0.6) is 0 Å². The molecular weight excluding hydrogens is 348 g/mol. The summed E-state index contributed by atoms with van der Waals surface area (Å²) in [5.41, 5.74) is 1.07. The summed E-state index contributed by atoms with van der Waals surface area (Å²) in [5, 5.41) is 11.3. The van der Waals surface area contributed by atoms with E-state index in [2.05, 4.69) is 0 Å². The molecule has 0 spiro atoms. The molecule has 1 aliphatic heterocycles. The van der Waals surface area contributed by atoms with E-state index in [-0.39, 0.29) is 34.3 Å². The normalized spacial score (nSPS) is 19.7. The van der Waals surface area contributed by atoms with Crippen LogP contribution < -0.4 is 0 Å². The lowest BCUT2D eigenvalue weighted by Gasteiger charge is -2.32. The number of rotatable bonds is 4. The molecule has 7 heteroatoms. The molecule has 0 radical (unpaired) electrons. The van der Waals surface area contributed by atoms with Gasteiger partial charge in [-0.25, -0.2) is 4.79 Å². The minimum absolute atomic E-state index is 0.0440. The lowest BCUT2D eigenvalue weighted by atomic mass is 9.94. The topological polar surface area (TPSA) is 89.8 Å². The number of esters is 1. The molecule has 0 unspecified atom stereocenters. The van der Waals surface area contributed by atoms with Crippen molar-refractivity contribution in [3.8, 4) is 0 Å². The van der Waals surface area contributed by atoms with Gasteiger partial charge in [-0.15, -0.1) is 0 Å². The first-order valence-electron chi connectivity index (χ1n) is 9.04. The zero-order chi connectivity index (χ0) is 19.6. The molecular formula is C20H22N2O5. The first-order valence-corrected chi connectivity index (χ1v) is 9.04. The quantitative estimate of drug-likeness (QED) is 0.350. The van der Waals surface area contributed by atoms with E-state index < -0.39 is 10.9 Å². The fourth-order valence-corrected chi connectivity index (χ4v) is 3.91. The standard InChI is InChI=1S/C20H22N2O5/c1-13-18(20(24)27-2)16(12-14-8-6-7-11-17(14)22(25)26)19(23)21(13)15-9-4-3-5-10-15/h6-8,11-12,15H,3-5,9-10H2,1-2H3/b16-12-. The predicted molar refractivity (Wildman–Crippen MR) is 99.5 cm³/mol. The number of amides is 1. The fraction of sp³-hybridized carbons (Fsp3) is 0.400. The number of carbonyl (C=O) groups is 2. The second-order valence-electron chi connectivity index (χ2n) is 6.79. The van der Waals surface area contributed by atoms with Crippen LogP contribution in [-0.2, 0) is 14.3 Å². The van der Waals surface area contributed by atoms with E-state index in [0.29, 0.717) is 5.70 Å². The molecule has 142 valence electrons. The van der Waals surface area contributed by atoms with Gasteiger partial charge >= 0.3 is 5.97 Å². The third-order valence-corrected chi connectivity index (χ3v) is 5.20. The Morgan fingerprint density at radius 2 is 1.93 bits per heavy atom. The molecule has 1 saturated carbocycles. The van der Waals surface area contributed by atoms with Crippen LogP contribution in [-0.4, -0.2) is 34.9 Å². The van der Waals surface area contributed by atoms with Gasteiger partial charge in [0.05, 0.1) is 28.7 Å². The maximum absolute atomic E-state index is 13.2. The Morgan fingerprint density at radius 3 is 2.56 bits per heavy atom. The SMILES string of the molecule is COC(=O)C1=C(C)N(C2CCCCC2)C(=O)/C1=C\c1ccccc1[N+](=O)[O-]. The van der Waals surface area contributed by atoms with E-state index in [9.17, 15) is 19.7 Å². The number of hydrogen-bond donors (Lipinski definition) is 0. The van der Waals surface area contributed by atoms with Gasteiger partial charge in [0.25, 0.3) is 11.6 Å². The largest absolute Gasteiger partial charge is 0.465 e. The van der Waals surface area contributed by atoms with E-state index in [0.717, 1.165) is 32.1 Å². The lowest BCUT2D eigenvalue weighted by Crippen LogP contribution is -2.37. The van der Waals surface area contributed by atoms with Crippen molar-refractivity contribution in [1.82, 2.24) is 4.90 Å². The van der Waals surface area contributed by atoms with Gasteiger partial charge in [0.15, 0.2) is 0 Å². The molecule has 0 atom stereocenters. The molecule has 0 aromatic heterocycles. The van der Waals surface area contributed by atoms with Crippen molar-refractivity contribution in [2.24, 2.45) is 0 Å². The minimum atomic E-state index is -0.607. The molecule has 1 aromatic rings. The molecule has 0 saturated heterocycles. The number of methoxy groups -OCH3 is 1. The highest BCUT2D eigenvalue weighted by atomic mass is 16.6. The van der Waals surface area contributed by atoms with Gasteiger partial charge in [-0.3, -0.25) is 14.9 Å². The van der Waals surface area contributed by atoms with Gasteiger partial charge in [-0.1, -0.05) is 31.4 Å². The molecule has 1 fully saturated rings. The van der Waals surface area contributed by atoms with Crippen LogP contribution in [0.1, 0.15) is 44.6 Å². The van der Waals surface area contributed by atoms with Crippen LogP contribution in [0, 0.1) is 10.1 Å². The summed E-state index contributed by atoms with van der Waals surface area (Å²) in [6.45, 7) is 1.74. The molecule has 0 N–H and O–H groups in total. The van der Waals surface area contributed by atoms with Crippen molar-refractivity contribution in [3.05, 3.63) is 56.8 Å². The first kappa shape index (κ1) is 18.8. The highest BCUT2D eigenvalue weighted by Crippen LogP contribution is 2.37. The van der Waals surface area contributed by atoms with Gasteiger partial charge < -0.3 is 9.64 Å². The molecule has 0 bridgehead atoms. The Morgan fingerprint density at radius 1 is 1.26 bits per heavy atom. The van der Waals surface area contributed by atoms with Crippen molar-refractivity contribution in [1.29, 1.82) is 0 Å². The monoisotopic (exact) mass is 370 g/mol. The number of ether oxygens (including phenoxy) is 1. The third-order valence-electron chi connectivity index (χ3n) is 5.20. The van der Waals surface area contributed by atoms with E-state index in [4.69, 9.17) is 4.74 Å². The van der Waals surface area contributed by atoms with Gasteiger partial charge in [0.1, 0.15) is 0 Å². The highest BCUT2D eigenvalue weighted by Gasteiger charge is 2.40. The van der Waals surface area contributed by atoms with Crippen LogP contribution in [0.4, 0.5) is 5.69 Å². The second-order valence-corrected chi connectivity index (χ2v) is 6.79. The molecule has 3 rings (SSSR count). The van der Waals surface area contributed by atoms with Crippen molar-refractivity contribution in [3.63, 3.8) is 0 Å². The second kappa shape index (κ2) is 7.73. The number of para-hydroxylation sites is 1. The number of nitrogens with zero attached hydrogens (tertiary/aromatic N) is 2. The van der Waals surface area contributed by atoms with Gasteiger partial charge in [-0.05, 0) is 31.9 Å². The van der Waals surface area contributed by atoms with E-state index in [1.807, 2.05) is 0 Å². The number of nitro groups is 1. The molecule has 27 heavy (non-hydrogen) atoms. The van der Waals surface area contributed by atoms with Crippen LogP contribution in [0.2, 0.25) is 0 Å². The molecule has 1 heterocycles. The van der Waals surface area contributed by atoms with Crippen molar-refractivity contribution >= 4 is 23.6 Å². The van der Waals surface area contributed by atoms with E-state index >= 15 is 0 Å². The van der Waals surface area contributed by atoms with Crippen molar-refractivity contribution in [2.75, 3.05) is 7.11 Å². The smallest absolute Gasteiger partial charge is 0.340 e. The van der Waals surface area contributed by atoms with E-state index in [1.165, 1.54) is 19.3 Å². The first-order chi connectivity index (χ1) is 13.0. The Kier molecular flexibility index (Phi) is 5.39. The minimum Gasteiger partial charge on any atom is -0.465 e. The zero-order valence-corrected chi connectivity index (χ0v) is 15.4. The Bertz CT molecular complexity index is 850. The molecule has 1 aliphatic carbocycles. The van der Waals surface area contributed by atoms with Gasteiger partial charge in [-0.2, -0.15) is 0 Å². The molecule has 2 aliphatic rings. The van der Waals surface area contributed by atoms with E-state index in [1.54, 1.807) is 30.0 Å². The number of nitro benzene ring substituents is 1. The van der Waals surface area contributed by atoms with Gasteiger partial charge in [0, 0.05) is 17.8 Å². The van der Waals surface area contributed by atoms with Crippen LogP contribution in [0.3, 0.4) is 0 Å². The Labute approximate surface area is 157 Å². The fourth-order valence-electron chi connectivity index (χ4n) is 3.91. The average Bonchev–Trinajstić information content (AvgIpc) is 2.92. The average molecular weight is 370 g/mol. The summed E-state index contributed by atoms with van der Waals surface area (Å²) in [7, 11) is 1.26. The predicted octanol–water partition coefficient (Wildman–Crippen LogP) is 3.60. The third kappa shape index (κ3) is 3.49. The maximum Gasteiger partial charge on any atom is 0.340 e. The number of allylic oxidation sites excluding steroid dienone is 1. The van der Waals surface area contributed by atoms with Gasteiger partial charge in [0.2, 0.25) is 0 Å². The maximum atomic E-state index is 13.2. The van der Waals surface area contributed by atoms with Crippen molar-refractivity contribution < 1.29 is 19.2 Å². The number of hydrogen-bond acceptors (Lipinski definition) is 5. The lowest BCUT2D eigenvalue weighted by molar-refractivity contribution is -0.385. The number of carbonyl (C=O) groups excluding carboxylic acids is 2. The molecule has 1 aromatic carbocycles. The molecule has 1 amide bonds. The van der Waals surface area contributed by atoms with Crippen LogP contribution >= 0.6 is 0 Å². The Hall–Kier alpha value is -2.96. The van der Waals surface area contributed by atoms with Crippen molar-refractivity contribution in [2.45, 2.75) is 45.1 Å². The summed E-state index contributed by atoms with van der Waals surface area (Å²) in [4.78, 5) is 38.0. The highest BCUT2D eigenvalue weighted by molar-refractivity contribution is 6.16. The summed E-state index contributed by atoms with van der Waals surface area (Å²) in [6, 6.07) is 6.20. The summed E-state index contributed by atoms with van der Waals surface area (Å²) >= 11 is 0. The number of benzene rings is 1. The molecule has 7 nitrogen and oxygen atoms in total. The summed E-state index contributed by atoms with van der Waals surface area (Å²) < 4.78 is 4.88. The summed E-state index contributed by atoms with van der Waals surface area (Å²) in [5.74, 6) is -0.901. The van der Waals surface area contributed by atoms with Crippen LogP contribution in [0.25, 0.3) is 6.08 Å². The zero-order valence-electron chi connectivity index (χ0n) is 15.4. The Balaban J connectivity index is 2.10.